The first-order chi connectivity index (χ1) is 10.7. The summed E-state index contributed by atoms with van der Waals surface area (Å²) in [6, 6.07) is 0.554. The van der Waals surface area contributed by atoms with Crippen LogP contribution < -0.4 is 10.6 Å². The Bertz CT molecular complexity index is 341. The Morgan fingerprint density at radius 3 is 2.57 bits per heavy atom. The normalized spacial score (nSPS) is 25.0. The first kappa shape index (κ1) is 21.3. The van der Waals surface area contributed by atoms with Gasteiger partial charge in [-0.05, 0) is 32.1 Å². The summed E-state index contributed by atoms with van der Waals surface area (Å²) >= 11 is 2.09. The Kier molecular flexibility index (Phi) is 10.9. The predicted octanol–water partition coefficient (Wildman–Crippen LogP) is 1.69. The van der Waals surface area contributed by atoms with E-state index in [9.17, 15) is 0 Å². The Morgan fingerprint density at radius 2 is 2.00 bits per heavy atom. The first-order valence-electron chi connectivity index (χ1n) is 8.75. The number of halogens is 1. The van der Waals surface area contributed by atoms with E-state index in [1.807, 2.05) is 7.05 Å². The van der Waals surface area contributed by atoms with Gasteiger partial charge in [0.15, 0.2) is 5.96 Å². The number of likely N-dealkylation sites (N-methyl/N-ethyl adjacent to an activating group) is 1. The Morgan fingerprint density at radius 1 is 1.26 bits per heavy atom. The van der Waals surface area contributed by atoms with Crippen molar-refractivity contribution >= 4 is 41.7 Å². The van der Waals surface area contributed by atoms with Gasteiger partial charge in [-0.15, -0.1) is 24.0 Å². The Balaban J connectivity index is 0.00000264. The molecule has 0 radical (unpaired) electrons. The molecule has 2 fully saturated rings. The van der Waals surface area contributed by atoms with Crippen molar-refractivity contribution in [2.45, 2.75) is 38.0 Å². The van der Waals surface area contributed by atoms with E-state index in [0.717, 1.165) is 24.3 Å². The van der Waals surface area contributed by atoms with Crippen LogP contribution in [0.1, 0.15) is 26.7 Å². The predicted molar refractivity (Wildman–Crippen MR) is 113 cm³/mol. The second-order valence-electron chi connectivity index (χ2n) is 6.29. The monoisotopic (exact) mass is 455 g/mol. The molecule has 2 saturated heterocycles. The number of aliphatic imine (C=N–C) groups is 1. The van der Waals surface area contributed by atoms with Gasteiger partial charge in [0.1, 0.15) is 0 Å². The van der Waals surface area contributed by atoms with Gasteiger partial charge >= 0.3 is 0 Å². The minimum absolute atomic E-state index is 0. The van der Waals surface area contributed by atoms with Crippen molar-refractivity contribution in [3.05, 3.63) is 0 Å². The molecule has 7 heteroatoms. The van der Waals surface area contributed by atoms with Crippen molar-refractivity contribution < 1.29 is 0 Å². The zero-order valence-electron chi connectivity index (χ0n) is 14.9. The third-order valence-corrected chi connectivity index (χ3v) is 6.19. The largest absolute Gasteiger partial charge is 0.355 e. The van der Waals surface area contributed by atoms with Crippen molar-refractivity contribution in [2.24, 2.45) is 4.99 Å². The molecule has 0 aromatic heterocycles. The maximum Gasteiger partial charge on any atom is 0.191 e. The fraction of sp³-hybridized carbons (Fsp3) is 0.938. The van der Waals surface area contributed by atoms with Gasteiger partial charge in [0.2, 0.25) is 0 Å². The fourth-order valence-electron chi connectivity index (χ4n) is 3.13. The standard InChI is InChI=1S/C16H33N5S.HI/c1-4-20-7-9-21(10-8-20)14(2)12-18-16(17-3)19-13-15-6-5-11-22-15;/h14-15H,4-13H2,1-3H3,(H2,17,18,19);1H. The third-order valence-electron chi connectivity index (χ3n) is 4.79. The molecule has 0 amide bonds. The Hall–Kier alpha value is 0.270. The highest BCUT2D eigenvalue weighted by Gasteiger charge is 2.20. The third kappa shape index (κ3) is 7.36. The first-order valence-corrected chi connectivity index (χ1v) is 9.80. The van der Waals surface area contributed by atoms with Crippen molar-refractivity contribution in [3.63, 3.8) is 0 Å². The molecular weight excluding hydrogens is 421 g/mol. The number of thioether (sulfide) groups is 1. The van der Waals surface area contributed by atoms with Crippen LogP contribution in [-0.2, 0) is 0 Å². The molecule has 2 N–H and O–H groups in total. The highest BCUT2D eigenvalue weighted by atomic mass is 127. The molecular formula is C16H34IN5S. The minimum Gasteiger partial charge on any atom is -0.355 e. The summed E-state index contributed by atoms with van der Waals surface area (Å²) in [5.74, 6) is 2.27. The molecule has 0 spiro atoms. The molecule has 0 aromatic carbocycles. The summed E-state index contributed by atoms with van der Waals surface area (Å²) in [5.41, 5.74) is 0. The second-order valence-corrected chi connectivity index (χ2v) is 7.70. The highest BCUT2D eigenvalue weighted by Crippen LogP contribution is 2.25. The molecule has 23 heavy (non-hydrogen) atoms. The number of nitrogens with one attached hydrogen (secondary N) is 2. The topological polar surface area (TPSA) is 42.9 Å². The molecule has 5 nitrogen and oxygen atoms in total. The number of piperazine rings is 1. The van der Waals surface area contributed by atoms with Crippen LogP contribution in [0.2, 0.25) is 0 Å². The van der Waals surface area contributed by atoms with Crippen LogP contribution in [0.25, 0.3) is 0 Å². The van der Waals surface area contributed by atoms with E-state index in [2.05, 4.69) is 51.0 Å². The van der Waals surface area contributed by atoms with Crippen molar-refractivity contribution in [1.82, 2.24) is 20.4 Å². The maximum atomic E-state index is 4.35. The molecule has 2 heterocycles. The van der Waals surface area contributed by atoms with E-state index >= 15 is 0 Å². The molecule has 2 aliphatic rings. The van der Waals surface area contributed by atoms with Crippen LogP contribution in [0.4, 0.5) is 0 Å². The van der Waals surface area contributed by atoms with Gasteiger partial charge in [-0.1, -0.05) is 6.92 Å². The average Bonchev–Trinajstić information content (AvgIpc) is 3.08. The lowest BCUT2D eigenvalue weighted by Crippen LogP contribution is -2.53. The smallest absolute Gasteiger partial charge is 0.191 e. The van der Waals surface area contributed by atoms with E-state index < -0.39 is 0 Å². The van der Waals surface area contributed by atoms with Crippen molar-refractivity contribution in [3.8, 4) is 0 Å². The van der Waals surface area contributed by atoms with Crippen LogP contribution in [0.5, 0.6) is 0 Å². The lowest BCUT2D eigenvalue weighted by molar-refractivity contribution is 0.107. The summed E-state index contributed by atoms with van der Waals surface area (Å²) in [6.45, 7) is 12.5. The van der Waals surface area contributed by atoms with Gasteiger partial charge in [-0.25, -0.2) is 0 Å². The van der Waals surface area contributed by atoms with Gasteiger partial charge in [-0.3, -0.25) is 9.89 Å². The molecule has 136 valence electrons. The van der Waals surface area contributed by atoms with Crippen LogP contribution in [0, 0.1) is 0 Å². The number of guanidine groups is 1. The summed E-state index contributed by atoms with van der Waals surface area (Å²) in [5, 5.41) is 7.73. The van der Waals surface area contributed by atoms with Gasteiger partial charge in [0.25, 0.3) is 0 Å². The molecule has 0 saturated carbocycles. The lowest BCUT2D eigenvalue weighted by Gasteiger charge is -2.37. The van der Waals surface area contributed by atoms with Crippen LogP contribution in [0.3, 0.4) is 0 Å². The van der Waals surface area contributed by atoms with Crippen LogP contribution in [-0.4, -0.2) is 85.7 Å². The molecule has 2 atom stereocenters. The Labute approximate surface area is 163 Å². The molecule has 0 aliphatic carbocycles. The average molecular weight is 455 g/mol. The number of hydrogen-bond acceptors (Lipinski definition) is 4. The van der Waals surface area contributed by atoms with Gasteiger partial charge in [-0.2, -0.15) is 11.8 Å². The van der Waals surface area contributed by atoms with E-state index in [0.29, 0.717) is 6.04 Å². The van der Waals surface area contributed by atoms with Crippen molar-refractivity contribution in [1.29, 1.82) is 0 Å². The van der Waals surface area contributed by atoms with E-state index in [-0.39, 0.29) is 24.0 Å². The summed E-state index contributed by atoms with van der Waals surface area (Å²) in [4.78, 5) is 9.46. The van der Waals surface area contributed by atoms with E-state index in [1.54, 1.807) is 0 Å². The SMILES string of the molecule is CCN1CCN(C(C)CNC(=NC)NCC2CCCS2)CC1.I. The summed E-state index contributed by atoms with van der Waals surface area (Å²) in [6.07, 6.45) is 2.70. The van der Waals surface area contributed by atoms with Crippen LogP contribution >= 0.6 is 35.7 Å². The van der Waals surface area contributed by atoms with Crippen molar-refractivity contribution in [2.75, 3.05) is 58.6 Å². The van der Waals surface area contributed by atoms with Crippen LogP contribution in [0.15, 0.2) is 4.99 Å². The van der Waals surface area contributed by atoms with Gasteiger partial charge in [0, 0.05) is 57.6 Å². The quantitative estimate of drug-likeness (QED) is 0.363. The number of nitrogens with zero attached hydrogens (tertiary/aromatic N) is 3. The molecule has 2 rings (SSSR count). The zero-order valence-corrected chi connectivity index (χ0v) is 18.0. The van der Waals surface area contributed by atoms with Gasteiger partial charge in [0.05, 0.1) is 0 Å². The number of rotatable bonds is 6. The number of hydrogen-bond donors (Lipinski definition) is 2. The van der Waals surface area contributed by atoms with E-state index in [1.165, 1.54) is 51.3 Å². The summed E-state index contributed by atoms with van der Waals surface area (Å²) in [7, 11) is 1.86. The minimum atomic E-state index is 0. The fourth-order valence-corrected chi connectivity index (χ4v) is 4.33. The van der Waals surface area contributed by atoms with E-state index in [4.69, 9.17) is 0 Å². The lowest BCUT2D eigenvalue weighted by atomic mass is 10.2. The molecule has 0 aromatic rings. The molecule has 2 unspecified atom stereocenters. The zero-order chi connectivity index (χ0) is 15.8. The molecule has 2 aliphatic heterocycles. The summed E-state index contributed by atoms with van der Waals surface area (Å²) < 4.78 is 0. The van der Waals surface area contributed by atoms with Gasteiger partial charge < -0.3 is 15.5 Å². The highest BCUT2D eigenvalue weighted by molar-refractivity contribution is 14.0. The maximum absolute atomic E-state index is 4.35. The molecule has 0 bridgehead atoms. The second kappa shape index (κ2) is 11.8.